The van der Waals surface area contributed by atoms with E-state index < -0.39 is 0 Å². The van der Waals surface area contributed by atoms with Crippen LogP contribution in [-0.2, 0) is 13.6 Å². The van der Waals surface area contributed by atoms with E-state index in [9.17, 15) is 0 Å². The summed E-state index contributed by atoms with van der Waals surface area (Å²) in [5.41, 5.74) is 2.05. The Morgan fingerprint density at radius 2 is 2.20 bits per heavy atom. The van der Waals surface area contributed by atoms with Gasteiger partial charge in [0.2, 0.25) is 5.89 Å². The summed E-state index contributed by atoms with van der Waals surface area (Å²) in [7, 11) is 1.95. The van der Waals surface area contributed by atoms with Gasteiger partial charge in [-0.15, -0.1) is 0 Å². The Morgan fingerprint density at radius 3 is 2.96 bits per heavy atom. The van der Waals surface area contributed by atoms with Crippen molar-refractivity contribution < 1.29 is 4.52 Å². The van der Waals surface area contributed by atoms with E-state index in [2.05, 4.69) is 28.9 Å². The summed E-state index contributed by atoms with van der Waals surface area (Å²) in [5.74, 6) is 1.76. The van der Waals surface area contributed by atoms with E-state index in [1.165, 1.54) is 0 Å². The van der Waals surface area contributed by atoms with Gasteiger partial charge in [0.05, 0.1) is 22.3 Å². The second kappa shape index (κ2) is 6.42. The standard InChI is InChI=1S/C18H22ClN5O/c1-11(2)17-20-18(25-22-17)15-8-5-9-24(15)10-13-16-12(19)6-4-7-14(16)23(3)21-13/h4,6-7,11,15H,5,8-10H2,1-3H3/t15-/m0/s1. The topological polar surface area (TPSA) is 60.0 Å². The van der Waals surface area contributed by atoms with Crippen molar-refractivity contribution in [3.8, 4) is 0 Å². The summed E-state index contributed by atoms with van der Waals surface area (Å²) in [5, 5.41) is 10.6. The number of hydrogen-bond donors (Lipinski definition) is 0. The third kappa shape index (κ3) is 2.93. The molecule has 132 valence electrons. The highest BCUT2D eigenvalue weighted by Crippen LogP contribution is 2.35. The number of halogens is 1. The predicted molar refractivity (Wildman–Crippen MR) is 96.5 cm³/mol. The molecule has 0 bridgehead atoms. The molecule has 4 rings (SSSR count). The molecule has 1 aliphatic rings. The minimum atomic E-state index is 0.152. The van der Waals surface area contributed by atoms with Crippen LogP contribution in [0.15, 0.2) is 22.7 Å². The smallest absolute Gasteiger partial charge is 0.244 e. The number of hydrogen-bond acceptors (Lipinski definition) is 5. The molecule has 2 aromatic heterocycles. The van der Waals surface area contributed by atoms with E-state index in [1.807, 2.05) is 29.9 Å². The largest absolute Gasteiger partial charge is 0.338 e. The van der Waals surface area contributed by atoms with Gasteiger partial charge in [0.25, 0.3) is 0 Å². The molecule has 1 aliphatic heterocycles. The van der Waals surface area contributed by atoms with Gasteiger partial charge in [0.1, 0.15) is 0 Å². The summed E-state index contributed by atoms with van der Waals surface area (Å²) in [6, 6.07) is 6.08. The van der Waals surface area contributed by atoms with Gasteiger partial charge in [-0.3, -0.25) is 9.58 Å². The first kappa shape index (κ1) is 16.5. The number of fused-ring (bicyclic) bond motifs is 1. The molecule has 6 nitrogen and oxygen atoms in total. The van der Waals surface area contributed by atoms with Crippen LogP contribution < -0.4 is 0 Å². The van der Waals surface area contributed by atoms with Crippen LogP contribution in [0, 0.1) is 0 Å². The van der Waals surface area contributed by atoms with Crippen LogP contribution in [-0.4, -0.2) is 31.4 Å². The molecule has 1 fully saturated rings. The minimum Gasteiger partial charge on any atom is -0.338 e. The third-order valence-electron chi connectivity index (χ3n) is 4.87. The summed E-state index contributed by atoms with van der Waals surface area (Å²) in [6.07, 6.45) is 2.14. The fourth-order valence-corrected chi connectivity index (χ4v) is 3.85. The molecule has 1 saturated heterocycles. The summed E-state index contributed by atoms with van der Waals surface area (Å²) >= 11 is 6.44. The highest BCUT2D eigenvalue weighted by Gasteiger charge is 2.32. The van der Waals surface area contributed by atoms with Crippen molar-refractivity contribution in [3.05, 3.63) is 40.6 Å². The van der Waals surface area contributed by atoms with E-state index in [-0.39, 0.29) is 12.0 Å². The second-order valence-corrected chi connectivity index (χ2v) is 7.39. The van der Waals surface area contributed by atoms with Gasteiger partial charge in [-0.1, -0.05) is 36.7 Å². The molecule has 3 heterocycles. The van der Waals surface area contributed by atoms with E-state index >= 15 is 0 Å². The van der Waals surface area contributed by atoms with Gasteiger partial charge >= 0.3 is 0 Å². The van der Waals surface area contributed by atoms with Crippen molar-refractivity contribution in [2.75, 3.05) is 6.54 Å². The molecule has 7 heteroatoms. The van der Waals surface area contributed by atoms with Crippen LogP contribution in [0.2, 0.25) is 5.02 Å². The van der Waals surface area contributed by atoms with E-state index in [4.69, 9.17) is 21.2 Å². The first-order valence-electron chi connectivity index (χ1n) is 8.72. The van der Waals surface area contributed by atoms with Crippen molar-refractivity contribution >= 4 is 22.5 Å². The number of likely N-dealkylation sites (tertiary alicyclic amines) is 1. The number of aryl methyl sites for hydroxylation is 1. The van der Waals surface area contributed by atoms with Gasteiger partial charge in [-0.05, 0) is 31.5 Å². The molecule has 1 aromatic carbocycles. The van der Waals surface area contributed by atoms with Gasteiger partial charge in [0.15, 0.2) is 5.82 Å². The van der Waals surface area contributed by atoms with Crippen LogP contribution in [0.5, 0.6) is 0 Å². The average molecular weight is 360 g/mol. The first-order chi connectivity index (χ1) is 12.0. The molecule has 1 atom stereocenters. The Balaban J connectivity index is 1.63. The fraction of sp³-hybridized carbons (Fsp3) is 0.500. The lowest BCUT2D eigenvalue weighted by Crippen LogP contribution is -2.23. The van der Waals surface area contributed by atoms with E-state index in [0.29, 0.717) is 5.89 Å². The lowest BCUT2D eigenvalue weighted by molar-refractivity contribution is 0.199. The number of rotatable bonds is 4. The van der Waals surface area contributed by atoms with Gasteiger partial charge in [-0.25, -0.2) is 0 Å². The molecule has 25 heavy (non-hydrogen) atoms. The summed E-state index contributed by atoms with van der Waals surface area (Å²) in [4.78, 5) is 6.96. The Hall–Kier alpha value is -1.92. The monoisotopic (exact) mass is 359 g/mol. The Kier molecular flexibility index (Phi) is 4.25. The van der Waals surface area contributed by atoms with Gasteiger partial charge in [0, 0.05) is 24.9 Å². The molecule has 0 amide bonds. The fourth-order valence-electron chi connectivity index (χ4n) is 3.57. The molecule has 0 spiro atoms. The maximum absolute atomic E-state index is 6.44. The van der Waals surface area contributed by atoms with E-state index in [0.717, 1.165) is 53.4 Å². The van der Waals surface area contributed by atoms with Gasteiger partial charge in [-0.2, -0.15) is 10.1 Å². The third-order valence-corrected chi connectivity index (χ3v) is 5.19. The maximum Gasteiger partial charge on any atom is 0.244 e. The van der Waals surface area contributed by atoms with Gasteiger partial charge < -0.3 is 4.52 Å². The lowest BCUT2D eigenvalue weighted by atomic mass is 10.1. The number of benzene rings is 1. The Morgan fingerprint density at radius 1 is 1.36 bits per heavy atom. The minimum absolute atomic E-state index is 0.152. The van der Waals surface area contributed by atoms with Crippen LogP contribution in [0.3, 0.4) is 0 Å². The number of aromatic nitrogens is 4. The second-order valence-electron chi connectivity index (χ2n) is 6.98. The van der Waals surface area contributed by atoms with Crippen molar-refractivity contribution in [2.45, 2.75) is 45.2 Å². The highest BCUT2D eigenvalue weighted by atomic mass is 35.5. The average Bonchev–Trinajstić information content (AvgIpc) is 3.28. The SMILES string of the molecule is CC(C)c1noc([C@@H]2CCCN2Cc2nn(C)c3cccc(Cl)c23)n1. The molecule has 0 unspecified atom stereocenters. The van der Waals surface area contributed by atoms with Crippen LogP contribution in [0.1, 0.15) is 56.1 Å². The number of nitrogens with zero attached hydrogens (tertiary/aromatic N) is 5. The molecule has 0 saturated carbocycles. The molecular weight excluding hydrogens is 338 g/mol. The van der Waals surface area contributed by atoms with E-state index in [1.54, 1.807) is 0 Å². The highest BCUT2D eigenvalue weighted by molar-refractivity contribution is 6.35. The maximum atomic E-state index is 6.44. The van der Waals surface area contributed by atoms with Crippen LogP contribution >= 0.6 is 11.6 Å². The molecule has 0 radical (unpaired) electrons. The van der Waals surface area contributed by atoms with Crippen molar-refractivity contribution in [3.63, 3.8) is 0 Å². The summed E-state index contributed by atoms with van der Waals surface area (Å²) in [6.45, 7) is 5.86. The predicted octanol–water partition coefficient (Wildman–Crippen LogP) is 4.07. The van der Waals surface area contributed by atoms with Crippen LogP contribution in [0.4, 0.5) is 0 Å². The van der Waals surface area contributed by atoms with Crippen molar-refractivity contribution in [1.82, 2.24) is 24.8 Å². The Labute approximate surface area is 151 Å². The molecular formula is C18H22ClN5O. The first-order valence-corrected chi connectivity index (χ1v) is 9.10. The molecule has 3 aromatic rings. The van der Waals surface area contributed by atoms with Crippen molar-refractivity contribution in [2.24, 2.45) is 7.05 Å². The lowest BCUT2D eigenvalue weighted by Gasteiger charge is -2.20. The molecule has 0 aliphatic carbocycles. The van der Waals surface area contributed by atoms with Crippen LogP contribution in [0.25, 0.3) is 10.9 Å². The zero-order valence-electron chi connectivity index (χ0n) is 14.7. The Bertz CT molecular complexity index is 900. The summed E-state index contributed by atoms with van der Waals surface area (Å²) < 4.78 is 7.43. The quantitative estimate of drug-likeness (QED) is 0.702. The van der Waals surface area contributed by atoms with Crippen molar-refractivity contribution in [1.29, 1.82) is 0 Å². The zero-order chi connectivity index (χ0) is 17.6. The molecule has 0 N–H and O–H groups in total. The zero-order valence-corrected chi connectivity index (χ0v) is 15.5. The normalized spacial score (nSPS) is 18.7.